The van der Waals surface area contributed by atoms with Gasteiger partial charge in [-0.3, -0.25) is 0 Å². The van der Waals surface area contributed by atoms with Crippen molar-refractivity contribution in [2.45, 2.75) is 224 Å². The summed E-state index contributed by atoms with van der Waals surface area (Å²) in [6, 6.07) is 0. The standard InChI is InChI=1S/C12H26.C11H24.C10H22.C7H16.C4H10/c1-6-7-8-9-10-11(2)12(3,4)5;1-9(2)7-8-10(3)11(4,5)6;1-8(2)7-9(3)10(4,5)6;1-6(2)7(3,4)5;1-4(2)3/h11H,6-10H2,1-5H3;9-10H,7-8H2,1-6H3;8-9H,7H2,1-6H3;6H,1-5H3;4H,1-3H3. The maximum absolute atomic E-state index is 2.38. The molecular formula is C44H98. The molecule has 0 aliphatic heterocycles. The van der Waals surface area contributed by atoms with Gasteiger partial charge in [0.15, 0.2) is 0 Å². The van der Waals surface area contributed by atoms with Crippen molar-refractivity contribution in [1.29, 1.82) is 0 Å². The fourth-order valence-electron chi connectivity index (χ4n) is 3.39. The average molecular weight is 627 g/mol. The van der Waals surface area contributed by atoms with Gasteiger partial charge in [-0.15, -0.1) is 0 Å². The lowest BCUT2D eigenvalue weighted by Gasteiger charge is -2.28. The van der Waals surface area contributed by atoms with Gasteiger partial charge < -0.3 is 0 Å². The molecule has 0 saturated heterocycles. The second-order valence-electron chi connectivity index (χ2n) is 20.5. The number of rotatable bonds is 10. The Kier molecular flexibility index (Phi) is 32.8. The smallest absolute Gasteiger partial charge is 0.0357 e. The second-order valence-corrected chi connectivity index (χ2v) is 20.5. The molecule has 0 heteroatoms. The number of hydrogen-bond donors (Lipinski definition) is 0. The Morgan fingerprint density at radius 1 is 0.364 bits per heavy atom. The van der Waals surface area contributed by atoms with Crippen LogP contribution < -0.4 is 0 Å². The topological polar surface area (TPSA) is 0 Å². The van der Waals surface area contributed by atoms with Gasteiger partial charge >= 0.3 is 0 Å². The SMILES string of the molecule is CC(C)C.CC(C)C(C)(C)C.CC(C)CC(C)C(C)(C)C.CC(C)CCC(C)C(C)(C)C.CCCCCCC(C)C(C)(C)C. The summed E-state index contributed by atoms with van der Waals surface area (Å²) < 4.78 is 0. The summed E-state index contributed by atoms with van der Waals surface area (Å²) in [6.07, 6.45) is 11.1. The molecule has 0 rings (SSSR count). The zero-order valence-electron chi connectivity index (χ0n) is 36.7. The Morgan fingerprint density at radius 3 is 0.886 bits per heavy atom. The van der Waals surface area contributed by atoms with E-state index in [0.29, 0.717) is 21.7 Å². The molecule has 0 heterocycles. The molecular weight excluding hydrogens is 528 g/mol. The van der Waals surface area contributed by atoms with Crippen LogP contribution >= 0.6 is 0 Å². The fourth-order valence-corrected chi connectivity index (χ4v) is 3.39. The summed E-state index contributed by atoms with van der Waals surface area (Å²) in [4.78, 5) is 0. The first-order chi connectivity index (χ1) is 19.3. The van der Waals surface area contributed by atoms with Crippen molar-refractivity contribution in [3.05, 3.63) is 0 Å². The molecule has 0 aliphatic rings. The van der Waals surface area contributed by atoms with E-state index in [9.17, 15) is 0 Å². The van der Waals surface area contributed by atoms with Crippen molar-refractivity contribution >= 4 is 0 Å². The van der Waals surface area contributed by atoms with Crippen LogP contribution in [0.25, 0.3) is 0 Å². The molecule has 0 saturated carbocycles. The molecule has 0 nitrogen and oxygen atoms in total. The van der Waals surface area contributed by atoms with Crippen LogP contribution in [-0.2, 0) is 0 Å². The third kappa shape index (κ3) is 46.4. The van der Waals surface area contributed by atoms with E-state index in [4.69, 9.17) is 0 Å². The molecule has 3 unspecified atom stereocenters. The lowest BCUT2D eigenvalue weighted by Crippen LogP contribution is -2.18. The molecule has 44 heavy (non-hydrogen) atoms. The molecule has 0 aromatic heterocycles. The zero-order valence-corrected chi connectivity index (χ0v) is 36.7. The summed E-state index contributed by atoms with van der Waals surface area (Å²) in [5.74, 6) is 5.90. The first-order valence-electron chi connectivity index (χ1n) is 19.3. The van der Waals surface area contributed by atoms with E-state index in [1.165, 1.54) is 51.4 Å². The molecule has 0 aromatic carbocycles. The first-order valence-corrected chi connectivity index (χ1v) is 19.3. The Hall–Kier alpha value is 0. The van der Waals surface area contributed by atoms with Crippen molar-refractivity contribution in [1.82, 2.24) is 0 Å². The van der Waals surface area contributed by atoms with Gasteiger partial charge in [-0.1, -0.05) is 212 Å². The van der Waals surface area contributed by atoms with Crippen LogP contribution in [0.5, 0.6) is 0 Å². The Morgan fingerprint density at radius 2 is 0.682 bits per heavy atom. The van der Waals surface area contributed by atoms with E-state index in [0.717, 1.165) is 41.4 Å². The van der Waals surface area contributed by atoms with Crippen LogP contribution in [0.3, 0.4) is 0 Å². The van der Waals surface area contributed by atoms with E-state index in [2.05, 4.69) is 173 Å². The van der Waals surface area contributed by atoms with Crippen LogP contribution in [-0.4, -0.2) is 0 Å². The molecule has 0 spiro atoms. The van der Waals surface area contributed by atoms with Crippen molar-refractivity contribution < 1.29 is 0 Å². The Balaban J connectivity index is -0.000000149. The molecule has 0 fully saturated rings. The first kappa shape index (κ1) is 53.5. The maximum Gasteiger partial charge on any atom is -0.0357 e. The monoisotopic (exact) mass is 627 g/mol. The highest BCUT2D eigenvalue weighted by molar-refractivity contribution is 4.72. The Bertz CT molecular complexity index is 558. The van der Waals surface area contributed by atoms with E-state index in [1.54, 1.807) is 0 Å². The molecule has 0 aromatic rings. The summed E-state index contributed by atoms with van der Waals surface area (Å²) in [6.45, 7) is 57.3. The van der Waals surface area contributed by atoms with Gasteiger partial charge in [0.05, 0.1) is 0 Å². The molecule has 0 bridgehead atoms. The normalized spacial score (nSPS) is 14.4. The number of unbranched alkanes of at least 4 members (excludes halogenated alkanes) is 3. The minimum Gasteiger partial charge on any atom is -0.0654 e. The van der Waals surface area contributed by atoms with E-state index in [1.807, 2.05) is 0 Å². The molecule has 274 valence electrons. The van der Waals surface area contributed by atoms with Crippen molar-refractivity contribution in [3.63, 3.8) is 0 Å². The van der Waals surface area contributed by atoms with Gasteiger partial charge in [0, 0.05) is 0 Å². The zero-order chi connectivity index (χ0) is 36.7. The van der Waals surface area contributed by atoms with Crippen LogP contribution in [0.2, 0.25) is 0 Å². The van der Waals surface area contributed by atoms with Crippen molar-refractivity contribution in [2.24, 2.45) is 63.1 Å². The third-order valence-corrected chi connectivity index (χ3v) is 9.66. The average Bonchev–Trinajstić information content (AvgIpc) is 2.78. The van der Waals surface area contributed by atoms with Gasteiger partial charge in [0.2, 0.25) is 0 Å². The Labute approximate surface area is 286 Å². The predicted octanol–water partition coefficient (Wildman–Crippen LogP) is 16.8. The lowest BCUT2D eigenvalue weighted by molar-refractivity contribution is 0.224. The van der Waals surface area contributed by atoms with Gasteiger partial charge in [0.25, 0.3) is 0 Å². The van der Waals surface area contributed by atoms with E-state index >= 15 is 0 Å². The summed E-state index contributed by atoms with van der Waals surface area (Å²) in [5, 5.41) is 0. The molecule has 3 atom stereocenters. The summed E-state index contributed by atoms with van der Waals surface area (Å²) in [5.41, 5.74) is 1.99. The minimum atomic E-state index is 0.490. The molecule has 0 amide bonds. The highest BCUT2D eigenvalue weighted by Crippen LogP contribution is 2.31. The van der Waals surface area contributed by atoms with Gasteiger partial charge in [-0.05, 0) is 75.9 Å². The maximum atomic E-state index is 2.38. The minimum absolute atomic E-state index is 0.490. The highest BCUT2D eigenvalue weighted by Gasteiger charge is 2.21. The van der Waals surface area contributed by atoms with Crippen LogP contribution in [0.1, 0.15) is 224 Å². The van der Waals surface area contributed by atoms with Gasteiger partial charge in [-0.2, -0.15) is 0 Å². The quantitative estimate of drug-likeness (QED) is 0.212. The van der Waals surface area contributed by atoms with Crippen molar-refractivity contribution in [3.8, 4) is 0 Å². The fraction of sp³-hybridized carbons (Fsp3) is 1.00. The van der Waals surface area contributed by atoms with E-state index < -0.39 is 0 Å². The van der Waals surface area contributed by atoms with Crippen molar-refractivity contribution in [2.75, 3.05) is 0 Å². The number of hydrogen-bond acceptors (Lipinski definition) is 0. The van der Waals surface area contributed by atoms with Crippen LogP contribution in [0.15, 0.2) is 0 Å². The molecule has 0 aliphatic carbocycles. The molecule has 0 N–H and O–H groups in total. The summed E-state index contributed by atoms with van der Waals surface area (Å²) in [7, 11) is 0. The van der Waals surface area contributed by atoms with E-state index in [-0.39, 0.29) is 0 Å². The lowest BCUT2D eigenvalue weighted by atomic mass is 9.78. The van der Waals surface area contributed by atoms with Crippen LogP contribution in [0.4, 0.5) is 0 Å². The second kappa shape index (κ2) is 27.0. The third-order valence-electron chi connectivity index (χ3n) is 9.66. The van der Waals surface area contributed by atoms with Gasteiger partial charge in [0.1, 0.15) is 0 Å². The van der Waals surface area contributed by atoms with Gasteiger partial charge in [-0.25, -0.2) is 0 Å². The highest BCUT2D eigenvalue weighted by atomic mass is 14.3. The van der Waals surface area contributed by atoms with Crippen LogP contribution in [0, 0.1) is 63.1 Å². The largest absolute Gasteiger partial charge is 0.0654 e. The predicted molar refractivity (Wildman–Crippen MR) is 213 cm³/mol. The summed E-state index contributed by atoms with van der Waals surface area (Å²) >= 11 is 0. The molecule has 0 radical (unpaired) electrons.